The van der Waals surface area contributed by atoms with Crippen molar-refractivity contribution in [1.82, 2.24) is 20.7 Å². The van der Waals surface area contributed by atoms with E-state index >= 15 is 0 Å². The van der Waals surface area contributed by atoms with Gasteiger partial charge in [-0.3, -0.25) is 25.2 Å². The normalized spacial score (nSPS) is 14.1. The van der Waals surface area contributed by atoms with Crippen molar-refractivity contribution in [2.24, 2.45) is 5.92 Å². The van der Waals surface area contributed by atoms with Gasteiger partial charge in [-0.15, -0.1) is 0 Å². The predicted octanol–water partition coefficient (Wildman–Crippen LogP) is 4.21. The summed E-state index contributed by atoms with van der Waals surface area (Å²) >= 11 is 0. The minimum atomic E-state index is -0.446. The highest BCUT2D eigenvalue weighted by Crippen LogP contribution is 2.25. The van der Waals surface area contributed by atoms with E-state index in [-0.39, 0.29) is 17.7 Å². The minimum Gasteiger partial charge on any atom is -0.463 e. The van der Waals surface area contributed by atoms with Gasteiger partial charge in [-0.25, -0.2) is 4.98 Å². The van der Waals surface area contributed by atoms with Gasteiger partial charge in [0, 0.05) is 30.5 Å². The number of furan rings is 1. The van der Waals surface area contributed by atoms with E-state index in [1.54, 1.807) is 41.5 Å². The summed E-state index contributed by atoms with van der Waals surface area (Å²) in [5.41, 5.74) is 7.61. The molecule has 5 rings (SSSR count). The van der Waals surface area contributed by atoms with Crippen molar-refractivity contribution in [2.75, 3.05) is 13.1 Å². The van der Waals surface area contributed by atoms with Gasteiger partial charge in [0.1, 0.15) is 5.69 Å². The Hall–Kier alpha value is -4.72. The molecular formula is C29H26N4O4. The highest BCUT2D eigenvalue weighted by molar-refractivity contribution is 6.07. The number of nitrogens with one attached hydrogen (secondary N) is 2. The van der Waals surface area contributed by atoms with Crippen LogP contribution in [0.5, 0.6) is 0 Å². The van der Waals surface area contributed by atoms with Crippen LogP contribution < -0.4 is 10.9 Å². The van der Waals surface area contributed by atoms with Crippen LogP contribution in [0, 0.1) is 5.92 Å². The molecule has 0 radical (unpaired) electrons. The zero-order valence-corrected chi connectivity index (χ0v) is 20.1. The topological polar surface area (TPSA) is 105 Å². The largest absolute Gasteiger partial charge is 0.463 e. The summed E-state index contributed by atoms with van der Waals surface area (Å²) in [4.78, 5) is 44.7. The van der Waals surface area contributed by atoms with E-state index in [1.165, 1.54) is 0 Å². The predicted molar refractivity (Wildman–Crippen MR) is 140 cm³/mol. The average molecular weight is 495 g/mol. The molecule has 1 fully saturated rings. The van der Waals surface area contributed by atoms with Crippen LogP contribution in [-0.2, 0) is 9.59 Å². The molecule has 1 saturated heterocycles. The number of para-hydroxylation sites is 1. The Morgan fingerprint density at radius 3 is 2.43 bits per heavy atom. The van der Waals surface area contributed by atoms with Crippen molar-refractivity contribution in [1.29, 1.82) is 0 Å². The number of pyridine rings is 1. The number of fused-ring (bicyclic) bond motifs is 1. The summed E-state index contributed by atoms with van der Waals surface area (Å²) < 4.78 is 5.45. The van der Waals surface area contributed by atoms with Crippen molar-refractivity contribution < 1.29 is 18.8 Å². The Kier molecular flexibility index (Phi) is 7.07. The fourth-order valence-electron chi connectivity index (χ4n) is 4.40. The quantitative estimate of drug-likeness (QED) is 0.320. The first kappa shape index (κ1) is 24.0. The molecule has 8 heteroatoms. The molecule has 3 heterocycles. The number of rotatable bonds is 5. The third-order valence-electron chi connectivity index (χ3n) is 6.43. The lowest BCUT2D eigenvalue weighted by molar-refractivity contribution is -0.132. The summed E-state index contributed by atoms with van der Waals surface area (Å²) in [5, 5.41) is 0.667. The number of hydrogen-bond donors (Lipinski definition) is 2. The van der Waals surface area contributed by atoms with Crippen LogP contribution in [0.4, 0.5) is 0 Å². The van der Waals surface area contributed by atoms with Crippen molar-refractivity contribution in [3.05, 3.63) is 96.3 Å². The Balaban J connectivity index is 1.18. The van der Waals surface area contributed by atoms with Gasteiger partial charge in [-0.2, -0.15) is 0 Å². The maximum Gasteiger partial charge on any atom is 0.270 e. The lowest BCUT2D eigenvalue weighted by atomic mass is 9.96. The third-order valence-corrected chi connectivity index (χ3v) is 6.43. The summed E-state index contributed by atoms with van der Waals surface area (Å²) in [5.74, 6) is -0.546. The van der Waals surface area contributed by atoms with Crippen LogP contribution in [0.2, 0.25) is 0 Å². The van der Waals surface area contributed by atoms with Crippen LogP contribution in [0.3, 0.4) is 0 Å². The number of carbonyl (C=O) groups is 3. The zero-order chi connectivity index (χ0) is 25.6. The molecule has 2 N–H and O–H groups in total. The molecule has 1 aliphatic heterocycles. The van der Waals surface area contributed by atoms with E-state index in [0.717, 1.165) is 5.56 Å². The third kappa shape index (κ3) is 5.59. The highest BCUT2D eigenvalue weighted by atomic mass is 16.3. The Labute approximate surface area is 214 Å². The van der Waals surface area contributed by atoms with E-state index in [2.05, 4.69) is 15.8 Å². The second kappa shape index (κ2) is 10.9. The number of nitrogens with zero attached hydrogens (tertiary/aromatic N) is 2. The first-order chi connectivity index (χ1) is 18.1. The average Bonchev–Trinajstić information content (AvgIpc) is 3.50. The molecule has 0 spiro atoms. The van der Waals surface area contributed by atoms with Gasteiger partial charge in [-0.05, 0) is 48.7 Å². The number of amides is 3. The van der Waals surface area contributed by atoms with Crippen LogP contribution in [-0.4, -0.2) is 40.7 Å². The zero-order valence-electron chi connectivity index (χ0n) is 20.1. The number of carbonyl (C=O) groups excluding carboxylic acids is 3. The molecule has 0 bridgehead atoms. The van der Waals surface area contributed by atoms with Crippen LogP contribution in [0.25, 0.3) is 28.4 Å². The van der Waals surface area contributed by atoms with Gasteiger partial charge < -0.3 is 9.32 Å². The lowest BCUT2D eigenvalue weighted by Gasteiger charge is -2.30. The van der Waals surface area contributed by atoms with Gasteiger partial charge in [0.2, 0.25) is 11.8 Å². The molecule has 2 aromatic carbocycles. The van der Waals surface area contributed by atoms with Crippen LogP contribution >= 0.6 is 0 Å². The molecule has 1 aliphatic rings. The van der Waals surface area contributed by atoms with Gasteiger partial charge in [-0.1, -0.05) is 48.5 Å². The van der Waals surface area contributed by atoms with Crippen molar-refractivity contribution >= 4 is 34.7 Å². The van der Waals surface area contributed by atoms with Crippen LogP contribution in [0.1, 0.15) is 28.8 Å². The molecule has 8 nitrogen and oxygen atoms in total. The molecule has 4 aromatic rings. The van der Waals surface area contributed by atoms with Gasteiger partial charge in [0.05, 0.1) is 17.3 Å². The maximum absolute atomic E-state index is 13.1. The molecule has 3 amide bonds. The fraction of sp³-hybridized carbons (Fsp3) is 0.172. The van der Waals surface area contributed by atoms with E-state index in [0.29, 0.717) is 53.9 Å². The van der Waals surface area contributed by atoms with Crippen molar-refractivity contribution in [3.8, 4) is 11.5 Å². The smallest absolute Gasteiger partial charge is 0.270 e. The maximum atomic E-state index is 13.1. The number of aromatic nitrogens is 1. The second-order valence-electron chi connectivity index (χ2n) is 8.84. The van der Waals surface area contributed by atoms with Gasteiger partial charge in [0.15, 0.2) is 5.76 Å². The monoisotopic (exact) mass is 494 g/mol. The van der Waals surface area contributed by atoms with Gasteiger partial charge >= 0.3 is 0 Å². The summed E-state index contributed by atoms with van der Waals surface area (Å²) in [7, 11) is 0. The van der Waals surface area contributed by atoms with Crippen molar-refractivity contribution in [2.45, 2.75) is 12.8 Å². The van der Waals surface area contributed by atoms with E-state index in [9.17, 15) is 14.4 Å². The van der Waals surface area contributed by atoms with E-state index in [1.807, 2.05) is 54.6 Å². The number of hydrogen-bond acceptors (Lipinski definition) is 5. The molecule has 0 atom stereocenters. The SMILES string of the molecule is O=C(NNC(=O)C1CCN(C(=O)/C=C/c2ccccc2)CC1)c1cc(-c2ccco2)nc2ccccc12. The molecular weight excluding hydrogens is 468 g/mol. The second-order valence-corrected chi connectivity index (χ2v) is 8.84. The number of piperidine rings is 1. The molecule has 186 valence electrons. The lowest BCUT2D eigenvalue weighted by Crippen LogP contribution is -2.48. The number of benzene rings is 2. The standard InChI is InChI=1S/C29H26N4O4/c34-27(13-12-20-7-2-1-3-8-20)33-16-14-21(15-17-33)28(35)31-32-29(36)23-19-25(26-11-6-18-37-26)30-24-10-5-4-9-22(23)24/h1-13,18-19,21H,14-17H2,(H,31,35)(H,32,36)/b13-12+. The Morgan fingerprint density at radius 2 is 1.68 bits per heavy atom. The fourth-order valence-corrected chi connectivity index (χ4v) is 4.40. The number of hydrazine groups is 1. The molecule has 37 heavy (non-hydrogen) atoms. The summed E-state index contributed by atoms with van der Waals surface area (Å²) in [6, 6.07) is 22.1. The number of likely N-dealkylation sites (tertiary alicyclic amines) is 1. The molecule has 0 saturated carbocycles. The van der Waals surface area contributed by atoms with Gasteiger partial charge in [0.25, 0.3) is 5.91 Å². The van der Waals surface area contributed by atoms with E-state index in [4.69, 9.17) is 4.42 Å². The summed E-state index contributed by atoms with van der Waals surface area (Å²) in [6.07, 6.45) is 5.94. The van der Waals surface area contributed by atoms with E-state index < -0.39 is 5.91 Å². The van der Waals surface area contributed by atoms with Crippen molar-refractivity contribution in [3.63, 3.8) is 0 Å². The van der Waals surface area contributed by atoms with Crippen LogP contribution in [0.15, 0.2) is 89.6 Å². The first-order valence-electron chi connectivity index (χ1n) is 12.1. The Morgan fingerprint density at radius 1 is 0.919 bits per heavy atom. The summed E-state index contributed by atoms with van der Waals surface area (Å²) in [6.45, 7) is 0.955. The molecule has 0 aliphatic carbocycles. The molecule has 2 aromatic heterocycles. The molecule has 0 unspecified atom stereocenters. The first-order valence-corrected chi connectivity index (χ1v) is 12.1. The highest BCUT2D eigenvalue weighted by Gasteiger charge is 2.27. The Bertz CT molecular complexity index is 1440. The minimum absolute atomic E-state index is 0.0760.